The van der Waals surface area contributed by atoms with E-state index in [1.54, 1.807) is 24.3 Å². The maximum Gasteiger partial charge on any atom is 0.335 e. The van der Waals surface area contributed by atoms with Crippen LogP contribution < -0.4 is 5.32 Å². The second-order valence-electron chi connectivity index (χ2n) is 5.81. The molecule has 7 nitrogen and oxygen atoms in total. The number of carbonyl (C=O) groups excluding carboxylic acids is 4. The molecule has 0 aliphatic carbocycles. The number of carbonyl (C=O) groups is 4. The van der Waals surface area contributed by atoms with E-state index in [4.69, 9.17) is 0 Å². The highest BCUT2D eigenvalue weighted by atomic mass is 16.2. The van der Waals surface area contributed by atoms with E-state index in [1.807, 2.05) is 19.9 Å². The molecule has 1 aliphatic heterocycles. The molecule has 1 aromatic carbocycles. The molecule has 0 aromatic heterocycles. The van der Waals surface area contributed by atoms with Crippen molar-refractivity contribution in [3.8, 4) is 0 Å². The Kier molecular flexibility index (Phi) is 5.68. The van der Waals surface area contributed by atoms with E-state index in [0.717, 1.165) is 23.3 Å². The van der Waals surface area contributed by atoms with Gasteiger partial charge in [0.2, 0.25) is 5.91 Å². The van der Waals surface area contributed by atoms with Gasteiger partial charge in [-0.2, -0.15) is 0 Å². The normalized spacial score (nSPS) is 15.8. The summed E-state index contributed by atoms with van der Waals surface area (Å²) in [5.41, 5.74) is 0.731. The van der Waals surface area contributed by atoms with E-state index in [0.29, 0.717) is 4.90 Å². The van der Waals surface area contributed by atoms with Gasteiger partial charge in [-0.25, -0.2) is 9.69 Å². The highest BCUT2D eigenvalue weighted by Crippen LogP contribution is 2.15. The molecule has 0 spiro atoms. The fourth-order valence-electron chi connectivity index (χ4n) is 2.56. The molecule has 0 unspecified atom stereocenters. The van der Waals surface area contributed by atoms with E-state index in [-0.39, 0.29) is 12.6 Å². The minimum atomic E-state index is -0.964. The van der Waals surface area contributed by atoms with Crippen LogP contribution in [0.4, 0.5) is 4.79 Å². The number of urea groups is 1. The first kappa shape index (κ1) is 17.7. The van der Waals surface area contributed by atoms with Gasteiger partial charge < -0.3 is 5.32 Å². The van der Waals surface area contributed by atoms with Gasteiger partial charge in [0.05, 0.1) is 6.54 Å². The molecule has 128 valence electrons. The van der Waals surface area contributed by atoms with Gasteiger partial charge in [-0.3, -0.25) is 19.3 Å². The van der Waals surface area contributed by atoms with Crippen molar-refractivity contribution in [1.29, 1.82) is 0 Å². The van der Waals surface area contributed by atoms with Gasteiger partial charge in [0.1, 0.15) is 6.54 Å². The minimum absolute atomic E-state index is 0.00853. The lowest BCUT2D eigenvalue weighted by Gasteiger charge is -2.17. The van der Waals surface area contributed by atoms with Gasteiger partial charge in [0.25, 0.3) is 0 Å². The summed E-state index contributed by atoms with van der Waals surface area (Å²) in [6, 6.07) is 8.08. The zero-order valence-electron chi connectivity index (χ0n) is 13.8. The average Bonchev–Trinajstić information content (AvgIpc) is 2.74. The van der Waals surface area contributed by atoms with Crippen molar-refractivity contribution >= 4 is 23.8 Å². The summed E-state index contributed by atoms with van der Waals surface area (Å²) < 4.78 is 0. The first-order chi connectivity index (χ1) is 11.4. The van der Waals surface area contributed by atoms with Crippen molar-refractivity contribution in [2.45, 2.75) is 39.3 Å². The lowest BCUT2D eigenvalue weighted by atomic mass is 10.2. The Morgan fingerprint density at radius 3 is 2.33 bits per heavy atom. The van der Waals surface area contributed by atoms with Crippen molar-refractivity contribution in [2.24, 2.45) is 0 Å². The summed E-state index contributed by atoms with van der Waals surface area (Å²) in [6.45, 7) is 3.41. The molecule has 0 saturated carbocycles. The molecule has 1 saturated heterocycles. The number of hydrogen-bond acceptors (Lipinski definition) is 4. The maximum absolute atomic E-state index is 12.3. The number of imide groups is 2. The molecule has 1 aliphatic rings. The third-order valence-electron chi connectivity index (χ3n) is 3.75. The van der Waals surface area contributed by atoms with Crippen LogP contribution >= 0.6 is 0 Å². The Morgan fingerprint density at radius 1 is 1.08 bits per heavy atom. The van der Waals surface area contributed by atoms with Gasteiger partial charge in [-0.1, -0.05) is 43.7 Å². The van der Waals surface area contributed by atoms with Crippen LogP contribution in [0.1, 0.15) is 32.3 Å². The molecule has 1 heterocycles. The number of rotatable bonds is 7. The van der Waals surface area contributed by atoms with Crippen LogP contribution in [-0.2, 0) is 20.9 Å². The maximum atomic E-state index is 12.3. The summed E-state index contributed by atoms with van der Waals surface area (Å²) in [6.07, 6.45) is 1.71. The largest absolute Gasteiger partial charge is 0.352 e. The topological polar surface area (TPSA) is 86.8 Å². The van der Waals surface area contributed by atoms with Crippen LogP contribution in [0.3, 0.4) is 0 Å². The average molecular weight is 331 g/mol. The third kappa shape index (κ3) is 3.98. The molecule has 7 heteroatoms. The number of nitrogens with one attached hydrogen (secondary N) is 1. The molecule has 1 N–H and O–H groups in total. The summed E-state index contributed by atoms with van der Waals surface area (Å²) in [7, 11) is 0. The zero-order valence-corrected chi connectivity index (χ0v) is 13.8. The summed E-state index contributed by atoms with van der Waals surface area (Å²) in [5, 5.41) is 2.71. The Morgan fingerprint density at radius 2 is 1.71 bits per heavy atom. The summed E-state index contributed by atoms with van der Waals surface area (Å²) in [5.74, 6) is -2.32. The van der Waals surface area contributed by atoms with Crippen molar-refractivity contribution in [2.75, 3.05) is 6.54 Å². The first-order valence-electron chi connectivity index (χ1n) is 7.94. The van der Waals surface area contributed by atoms with E-state index >= 15 is 0 Å². The van der Waals surface area contributed by atoms with Crippen LogP contribution in [0.25, 0.3) is 0 Å². The van der Waals surface area contributed by atoms with E-state index in [1.165, 1.54) is 0 Å². The van der Waals surface area contributed by atoms with Crippen molar-refractivity contribution in [3.05, 3.63) is 35.9 Å². The second-order valence-corrected chi connectivity index (χ2v) is 5.81. The predicted octanol–water partition coefficient (Wildman–Crippen LogP) is 1.28. The fourth-order valence-corrected chi connectivity index (χ4v) is 2.56. The van der Waals surface area contributed by atoms with E-state index in [9.17, 15) is 19.2 Å². The SMILES string of the molecule is CCC[C@H](C)NC(=O)CN1C(=O)C(=O)N(Cc2ccccc2)C1=O. The van der Waals surface area contributed by atoms with Crippen LogP contribution in [0, 0.1) is 0 Å². The molecular formula is C17H21N3O4. The Bertz CT molecular complexity index is 644. The van der Waals surface area contributed by atoms with Crippen molar-refractivity contribution < 1.29 is 19.2 Å². The standard InChI is InChI=1S/C17H21N3O4/c1-3-7-12(2)18-14(21)11-20-16(23)15(22)19(17(20)24)10-13-8-5-4-6-9-13/h4-6,8-9,12H,3,7,10-11H2,1-2H3,(H,18,21)/t12-/m0/s1. The number of benzene rings is 1. The monoisotopic (exact) mass is 331 g/mol. The van der Waals surface area contributed by atoms with E-state index < -0.39 is 30.3 Å². The van der Waals surface area contributed by atoms with Crippen molar-refractivity contribution in [1.82, 2.24) is 15.1 Å². The first-order valence-corrected chi connectivity index (χ1v) is 7.94. The second kappa shape index (κ2) is 7.72. The third-order valence-corrected chi connectivity index (χ3v) is 3.75. The molecule has 1 atom stereocenters. The van der Waals surface area contributed by atoms with Crippen molar-refractivity contribution in [3.63, 3.8) is 0 Å². The van der Waals surface area contributed by atoms with Crippen LogP contribution in [0.5, 0.6) is 0 Å². The molecular weight excluding hydrogens is 310 g/mol. The lowest BCUT2D eigenvalue weighted by Crippen LogP contribution is -2.43. The van der Waals surface area contributed by atoms with E-state index in [2.05, 4.69) is 5.32 Å². The van der Waals surface area contributed by atoms with Gasteiger partial charge in [-0.05, 0) is 18.9 Å². The predicted molar refractivity (Wildman–Crippen MR) is 86.6 cm³/mol. The molecule has 0 radical (unpaired) electrons. The lowest BCUT2D eigenvalue weighted by molar-refractivity contribution is -0.144. The Labute approximate surface area is 140 Å². The smallest absolute Gasteiger partial charge is 0.335 e. The number of hydrogen-bond donors (Lipinski definition) is 1. The molecule has 0 bridgehead atoms. The van der Waals surface area contributed by atoms with Gasteiger partial charge in [-0.15, -0.1) is 0 Å². The zero-order chi connectivity index (χ0) is 17.7. The van der Waals surface area contributed by atoms with Crippen LogP contribution in [0.15, 0.2) is 30.3 Å². The number of nitrogens with zero attached hydrogens (tertiary/aromatic N) is 2. The van der Waals surface area contributed by atoms with Crippen LogP contribution in [0.2, 0.25) is 0 Å². The number of amides is 5. The minimum Gasteiger partial charge on any atom is -0.352 e. The molecule has 1 aromatic rings. The van der Waals surface area contributed by atoms with Crippen LogP contribution in [-0.4, -0.2) is 46.1 Å². The fraction of sp³-hybridized carbons (Fsp3) is 0.412. The highest BCUT2D eigenvalue weighted by Gasteiger charge is 2.45. The molecule has 1 fully saturated rings. The molecule has 24 heavy (non-hydrogen) atoms. The highest BCUT2D eigenvalue weighted by molar-refractivity contribution is 6.44. The molecule has 2 rings (SSSR count). The van der Waals surface area contributed by atoms with Gasteiger partial charge in [0.15, 0.2) is 0 Å². The van der Waals surface area contributed by atoms with Gasteiger partial charge in [0, 0.05) is 6.04 Å². The quantitative estimate of drug-likeness (QED) is 0.602. The Balaban J connectivity index is 2.02. The summed E-state index contributed by atoms with van der Waals surface area (Å²) in [4.78, 5) is 49.8. The van der Waals surface area contributed by atoms with Gasteiger partial charge >= 0.3 is 17.8 Å². The Hall–Kier alpha value is -2.70. The summed E-state index contributed by atoms with van der Waals surface area (Å²) >= 11 is 0. The molecule has 5 amide bonds.